The molecular weight excluding hydrogens is 212 g/mol. The number of carbonyl (C=O) groups is 1. The maximum Gasteiger partial charge on any atom is 0.330 e. The van der Waals surface area contributed by atoms with Crippen molar-refractivity contribution < 1.29 is 9.53 Å². The van der Waals surface area contributed by atoms with Crippen LogP contribution in [0.4, 0.5) is 0 Å². The molecule has 0 radical (unpaired) electrons. The van der Waals surface area contributed by atoms with Gasteiger partial charge in [-0.15, -0.1) is 0 Å². The van der Waals surface area contributed by atoms with Gasteiger partial charge in [0.1, 0.15) is 0 Å². The highest BCUT2D eigenvalue weighted by atomic mass is 16.5. The number of rotatable bonds is 4. The lowest BCUT2D eigenvalue weighted by atomic mass is 9.99. The van der Waals surface area contributed by atoms with Crippen LogP contribution in [-0.2, 0) is 16.0 Å². The summed E-state index contributed by atoms with van der Waals surface area (Å²) in [6.07, 6.45) is 2.59. The van der Waals surface area contributed by atoms with Crippen molar-refractivity contribution in [2.45, 2.75) is 27.2 Å². The zero-order valence-corrected chi connectivity index (χ0v) is 11.0. The smallest absolute Gasteiger partial charge is 0.330 e. The van der Waals surface area contributed by atoms with Crippen molar-refractivity contribution in [3.05, 3.63) is 41.5 Å². The first kappa shape index (κ1) is 13.5. The first-order chi connectivity index (χ1) is 8.02. The predicted molar refractivity (Wildman–Crippen MR) is 70.7 cm³/mol. The van der Waals surface area contributed by atoms with E-state index in [0.29, 0.717) is 5.92 Å². The van der Waals surface area contributed by atoms with Gasteiger partial charge in [-0.3, -0.25) is 0 Å². The van der Waals surface area contributed by atoms with Crippen LogP contribution in [0.1, 0.15) is 31.9 Å². The van der Waals surface area contributed by atoms with Crippen molar-refractivity contribution in [1.82, 2.24) is 0 Å². The SMILES string of the molecule is COC(=O)/C=C(/C)c1ccc(CC(C)C)cc1. The van der Waals surface area contributed by atoms with E-state index in [1.54, 1.807) is 0 Å². The van der Waals surface area contributed by atoms with Crippen LogP contribution in [0.3, 0.4) is 0 Å². The third-order valence-electron chi connectivity index (χ3n) is 2.59. The number of benzene rings is 1. The first-order valence-electron chi connectivity index (χ1n) is 5.88. The molecule has 0 saturated carbocycles. The highest BCUT2D eigenvalue weighted by Gasteiger charge is 2.01. The van der Waals surface area contributed by atoms with Gasteiger partial charge in [-0.05, 0) is 36.0 Å². The van der Waals surface area contributed by atoms with Gasteiger partial charge >= 0.3 is 5.97 Å². The minimum absolute atomic E-state index is 0.311. The molecule has 1 aromatic carbocycles. The summed E-state index contributed by atoms with van der Waals surface area (Å²) in [7, 11) is 1.39. The number of hydrogen-bond donors (Lipinski definition) is 0. The third-order valence-corrected chi connectivity index (χ3v) is 2.59. The molecule has 2 nitrogen and oxygen atoms in total. The van der Waals surface area contributed by atoms with Crippen LogP contribution in [-0.4, -0.2) is 13.1 Å². The summed E-state index contributed by atoms with van der Waals surface area (Å²) in [5.41, 5.74) is 3.31. The zero-order chi connectivity index (χ0) is 12.8. The van der Waals surface area contributed by atoms with Crippen LogP contribution >= 0.6 is 0 Å². The monoisotopic (exact) mass is 232 g/mol. The van der Waals surface area contributed by atoms with E-state index in [-0.39, 0.29) is 5.97 Å². The van der Waals surface area contributed by atoms with E-state index in [2.05, 4.69) is 30.7 Å². The van der Waals surface area contributed by atoms with Gasteiger partial charge < -0.3 is 4.74 Å². The summed E-state index contributed by atoms with van der Waals surface area (Å²) in [4.78, 5) is 11.1. The van der Waals surface area contributed by atoms with Crippen LogP contribution in [0.2, 0.25) is 0 Å². The lowest BCUT2D eigenvalue weighted by Gasteiger charge is -2.06. The summed E-state index contributed by atoms with van der Waals surface area (Å²) in [5.74, 6) is 0.348. The molecule has 0 saturated heterocycles. The van der Waals surface area contributed by atoms with Crippen molar-refractivity contribution in [3.63, 3.8) is 0 Å². The molecule has 0 bridgehead atoms. The second kappa shape index (κ2) is 6.24. The predicted octanol–water partition coefficient (Wildman–Crippen LogP) is 3.46. The maximum absolute atomic E-state index is 11.1. The Balaban J connectivity index is 2.80. The number of methoxy groups -OCH3 is 1. The lowest BCUT2D eigenvalue weighted by molar-refractivity contribution is -0.134. The Kier molecular flexibility index (Phi) is 4.95. The molecule has 0 aliphatic carbocycles. The Morgan fingerprint density at radius 3 is 2.35 bits per heavy atom. The van der Waals surface area contributed by atoms with Crippen LogP contribution in [0.5, 0.6) is 0 Å². The average molecular weight is 232 g/mol. The normalized spacial score (nSPS) is 11.7. The molecule has 0 spiro atoms. The van der Waals surface area contributed by atoms with E-state index in [4.69, 9.17) is 0 Å². The fourth-order valence-electron chi connectivity index (χ4n) is 1.69. The summed E-state index contributed by atoms with van der Waals surface area (Å²) in [6.45, 7) is 6.32. The Bertz CT molecular complexity index is 399. The number of allylic oxidation sites excluding steroid dienone is 1. The molecule has 0 aliphatic rings. The quantitative estimate of drug-likeness (QED) is 0.587. The van der Waals surface area contributed by atoms with Gasteiger partial charge in [0.15, 0.2) is 0 Å². The van der Waals surface area contributed by atoms with E-state index in [1.807, 2.05) is 19.1 Å². The molecule has 0 heterocycles. The molecule has 0 N–H and O–H groups in total. The standard InChI is InChI=1S/C15H20O2/c1-11(2)9-13-5-7-14(8-6-13)12(3)10-15(16)17-4/h5-8,10-11H,9H2,1-4H3/b12-10-. The van der Waals surface area contributed by atoms with Gasteiger partial charge in [0.05, 0.1) is 7.11 Å². The van der Waals surface area contributed by atoms with Gasteiger partial charge in [-0.25, -0.2) is 4.79 Å². The number of carbonyl (C=O) groups excluding carboxylic acids is 1. The summed E-state index contributed by atoms with van der Waals surface area (Å²) >= 11 is 0. The summed E-state index contributed by atoms with van der Waals surface area (Å²) < 4.78 is 4.60. The number of hydrogen-bond acceptors (Lipinski definition) is 2. The van der Waals surface area contributed by atoms with E-state index in [1.165, 1.54) is 18.7 Å². The first-order valence-corrected chi connectivity index (χ1v) is 5.88. The summed E-state index contributed by atoms with van der Waals surface area (Å²) in [6, 6.07) is 8.33. The lowest BCUT2D eigenvalue weighted by Crippen LogP contribution is -1.96. The van der Waals surface area contributed by atoms with E-state index in [0.717, 1.165) is 17.6 Å². The van der Waals surface area contributed by atoms with Crippen LogP contribution < -0.4 is 0 Å². The van der Waals surface area contributed by atoms with Gasteiger partial charge in [0, 0.05) is 6.08 Å². The van der Waals surface area contributed by atoms with Crippen molar-refractivity contribution in [3.8, 4) is 0 Å². The van der Waals surface area contributed by atoms with Crippen molar-refractivity contribution in [2.24, 2.45) is 5.92 Å². The molecule has 0 unspecified atom stereocenters. The maximum atomic E-state index is 11.1. The molecular formula is C15H20O2. The molecule has 92 valence electrons. The molecule has 0 amide bonds. The van der Waals surface area contributed by atoms with E-state index >= 15 is 0 Å². The van der Waals surface area contributed by atoms with Gasteiger partial charge in [-0.1, -0.05) is 38.1 Å². The second-order valence-electron chi connectivity index (χ2n) is 4.65. The highest BCUT2D eigenvalue weighted by molar-refractivity contribution is 5.90. The van der Waals surface area contributed by atoms with Crippen molar-refractivity contribution in [2.75, 3.05) is 7.11 Å². The van der Waals surface area contributed by atoms with Gasteiger partial charge in [-0.2, -0.15) is 0 Å². The molecule has 0 atom stereocenters. The topological polar surface area (TPSA) is 26.3 Å². The Morgan fingerprint density at radius 2 is 1.88 bits per heavy atom. The van der Waals surface area contributed by atoms with Crippen LogP contribution in [0, 0.1) is 5.92 Å². The minimum atomic E-state index is -0.311. The Morgan fingerprint density at radius 1 is 1.29 bits per heavy atom. The van der Waals surface area contributed by atoms with Crippen LogP contribution in [0.15, 0.2) is 30.3 Å². The van der Waals surface area contributed by atoms with Crippen molar-refractivity contribution in [1.29, 1.82) is 0 Å². The zero-order valence-electron chi connectivity index (χ0n) is 11.0. The van der Waals surface area contributed by atoms with Gasteiger partial charge in [0.25, 0.3) is 0 Å². The second-order valence-corrected chi connectivity index (χ2v) is 4.65. The van der Waals surface area contributed by atoms with Crippen LogP contribution in [0.25, 0.3) is 5.57 Å². The fraction of sp³-hybridized carbons (Fsp3) is 0.400. The largest absolute Gasteiger partial charge is 0.466 e. The molecule has 0 fully saturated rings. The Labute approximate surface area is 103 Å². The molecule has 1 aromatic rings. The van der Waals surface area contributed by atoms with E-state index < -0.39 is 0 Å². The van der Waals surface area contributed by atoms with Crippen molar-refractivity contribution >= 4 is 11.5 Å². The third kappa shape index (κ3) is 4.43. The molecule has 0 aliphatic heterocycles. The fourth-order valence-corrected chi connectivity index (χ4v) is 1.69. The molecule has 17 heavy (non-hydrogen) atoms. The highest BCUT2D eigenvalue weighted by Crippen LogP contribution is 2.16. The average Bonchev–Trinajstić information content (AvgIpc) is 2.28. The number of esters is 1. The molecule has 1 rings (SSSR count). The van der Waals surface area contributed by atoms with E-state index in [9.17, 15) is 4.79 Å². The molecule has 0 aromatic heterocycles. The molecule has 2 heteroatoms. The Hall–Kier alpha value is -1.57. The minimum Gasteiger partial charge on any atom is -0.466 e. The summed E-state index contributed by atoms with van der Waals surface area (Å²) in [5, 5.41) is 0. The van der Waals surface area contributed by atoms with Gasteiger partial charge in [0.2, 0.25) is 0 Å². The number of ether oxygens (including phenoxy) is 1.